The predicted octanol–water partition coefficient (Wildman–Crippen LogP) is 0.810. The summed E-state index contributed by atoms with van der Waals surface area (Å²) in [5, 5.41) is 0. The molecule has 1 aliphatic rings. The molecule has 0 bridgehead atoms. The second-order valence-corrected chi connectivity index (χ2v) is 2.24. The first-order valence-corrected chi connectivity index (χ1v) is 2.97. The summed E-state index contributed by atoms with van der Waals surface area (Å²) in [4.78, 5) is 0. The van der Waals surface area contributed by atoms with E-state index in [9.17, 15) is 0 Å². The van der Waals surface area contributed by atoms with Crippen molar-refractivity contribution in [3.63, 3.8) is 0 Å². The molecule has 1 fully saturated rings. The van der Waals surface area contributed by atoms with Crippen molar-refractivity contribution < 1.29 is 9.47 Å². The molecule has 0 amide bonds. The van der Waals surface area contributed by atoms with Crippen molar-refractivity contribution in [1.82, 2.24) is 0 Å². The van der Waals surface area contributed by atoms with Crippen LogP contribution in [-0.4, -0.2) is 25.9 Å². The molecular weight excluding hydrogens is 104 g/mol. The first-order valence-electron chi connectivity index (χ1n) is 2.97. The second kappa shape index (κ2) is 2.46. The quantitative estimate of drug-likeness (QED) is 0.504. The maximum absolute atomic E-state index is 5.23. The molecule has 0 N–H and O–H groups in total. The van der Waals surface area contributed by atoms with Crippen LogP contribution >= 0.6 is 0 Å². The van der Waals surface area contributed by atoms with E-state index in [-0.39, 0.29) is 0 Å². The van der Waals surface area contributed by atoms with Gasteiger partial charge in [0, 0.05) is 13.5 Å². The van der Waals surface area contributed by atoms with E-state index in [1.165, 1.54) is 0 Å². The summed E-state index contributed by atoms with van der Waals surface area (Å²) in [5.41, 5.74) is 0. The third-order valence-corrected chi connectivity index (χ3v) is 1.49. The van der Waals surface area contributed by atoms with E-state index in [0.29, 0.717) is 12.2 Å². The zero-order valence-corrected chi connectivity index (χ0v) is 5.39. The lowest BCUT2D eigenvalue weighted by atomic mass is 10.2. The summed E-state index contributed by atoms with van der Waals surface area (Å²) in [7, 11) is 1.73. The Balaban J connectivity index is 2.22. The summed E-state index contributed by atoms with van der Waals surface area (Å²) in [6.45, 7) is 2.84. The highest BCUT2D eigenvalue weighted by atomic mass is 16.5. The van der Waals surface area contributed by atoms with E-state index < -0.39 is 0 Å². The molecule has 0 radical (unpaired) electrons. The molecule has 0 spiro atoms. The van der Waals surface area contributed by atoms with Gasteiger partial charge in [-0.2, -0.15) is 0 Å². The molecule has 0 saturated carbocycles. The van der Waals surface area contributed by atoms with E-state index >= 15 is 0 Å². The zero-order valence-electron chi connectivity index (χ0n) is 5.39. The fraction of sp³-hybridized carbons (Fsp3) is 1.00. The lowest BCUT2D eigenvalue weighted by Gasteiger charge is -2.01. The molecule has 0 aliphatic carbocycles. The monoisotopic (exact) mass is 116 g/mol. The normalized spacial score (nSPS) is 38.2. The molecule has 8 heavy (non-hydrogen) atoms. The van der Waals surface area contributed by atoms with Crippen molar-refractivity contribution in [3.05, 3.63) is 0 Å². The van der Waals surface area contributed by atoms with Gasteiger partial charge in [0.2, 0.25) is 0 Å². The molecule has 0 aromatic heterocycles. The van der Waals surface area contributed by atoms with Gasteiger partial charge in [0.15, 0.2) is 0 Å². The van der Waals surface area contributed by atoms with E-state index in [4.69, 9.17) is 9.47 Å². The minimum Gasteiger partial charge on any atom is -0.379 e. The van der Waals surface area contributed by atoms with Gasteiger partial charge in [-0.15, -0.1) is 0 Å². The third-order valence-electron chi connectivity index (χ3n) is 1.49. The largest absolute Gasteiger partial charge is 0.379 e. The molecule has 2 atom stereocenters. The minimum atomic E-state index is 0.352. The van der Waals surface area contributed by atoms with Gasteiger partial charge < -0.3 is 9.47 Å². The molecule has 2 nitrogen and oxygen atoms in total. The van der Waals surface area contributed by atoms with E-state index in [1.807, 2.05) is 0 Å². The number of hydrogen-bond acceptors (Lipinski definition) is 2. The maximum atomic E-state index is 5.23. The van der Waals surface area contributed by atoms with Gasteiger partial charge in [0.05, 0.1) is 18.8 Å². The average Bonchev–Trinajstić information content (AvgIpc) is 2.14. The van der Waals surface area contributed by atoms with Gasteiger partial charge in [0.25, 0.3) is 0 Å². The Morgan fingerprint density at radius 3 is 2.62 bits per heavy atom. The van der Waals surface area contributed by atoms with Crippen LogP contribution in [-0.2, 0) is 9.47 Å². The summed E-state index contributed by atoms with van der Waals surface area (Å²) in [6, 6.07) is 0. The summed E-state index contributed by atoms with van der Waals surface area (Å²) >= 11 is 0. The van der Waals surface area contributed by atoms with E-state index in [0.717, 1.165) is 13.0 Å². The Labute approximate surface area is 49.8 Å². The smallest absolute Gasteiger partial charge is 0.0829 e. The highest BCUT2D eigenvalue weighted by Gasteiger charge is 2.20. The van der Waals surface area contributed by atoms with Gasteiger partial charge in [-0.3, -0.25) is 0 Å². The van der Waals surface area contributed by atoms with Gasteiger partial charge >= 0.3 is 0 Å². The van der Waals surface area contributed by atoms with Gasteiger partial charge in [0.1, 0.15) is 0 Å². The summed E-state index contributed by atoms with van der Waals surface area (Å²) in [6.07, 6.45) is 1.81. The van der Waals surface area contributed by atoms with Crippen molar-refractivity contribution in [2.75, 3.05) is 13.7 Å². The molecule has 0 aromatic rings. The fourth-order valence-corrected chi connectivity index (χ4v) is 0.942. The van der Waals surface area contributed by atoms with Crippen LogP contribution in [0.2, 0.25) is 0 Å². The van der Waals surface area contributed by atoms with Crippen molar-refractivity contribution in [2.24, 2.45) is 0 Å². The zero-order chi connectivity index (χ0) is 5.98. The van der Waals surface area contributed by atoms with Crippen molar-refractivity contribution in [2.45, 2.75) is 25.6 Å². The summed E-state index contributed by atoms with van der Waals surface area (Å²) < 4.78 is 10.3. The van der Waals surface area contributed by atoms with E-state index in [2.05, 4.69) is 6.92 Å². The Kier molecular flexibility index (Phi) is 1.86. The maximum Gasteiger partial charge on any atom is 0.0829 e. The molecule has 1 aliphatic heterocycles. The van der Waals surface area contributed by atoms with Crippen molar-refractivity contribution in [1.29, 1.82) is 0 Å². The number of ether oxygens (including phenoxy) is 2. The Hall–Kier alpha value is -0.0800. The minimum absolute atomic E-state index is 0.352. The lowest BCUT2D eigenvalue weighted by molar-refractivity contribution is 0.0709. The van der Waals surface area contributed by atoms with Gasteiger partial charge in [-0.05, 0) is 6.92 Å². The molecule has 48 valence electrons. The Morgan fingerprint density at radius 2 is 2.38 bits per heavy atom. The lowest BCUT2D eigenvalue weighted by Crippen LogP contribution is -2.08. The van der Waals surface area contributed by atoms with Crippen LogP contribution in [0.4, 0.5) is 0 Å². The number of rotatable bonds is 1. The predicted molar refractivity (Wildman–Crippen MR) is 30.8 cm³/mol. The SMILES string of the molecule is COC1COC(C)C1. The van der Waals surface area contributed by atoms with Crippen molar-refractivity contribution in [3.8, 4) is 0 Å². The van der Waals surface area contributed by atoms with E-state index in [1.54, 1.807) is 7.11 Å². The molecule has 1 heterocycles. The van der Waals surface area contributed by atoms with Crippen LogP contribution in [0.15, 0.2) is 0 Å². The van der Waals surface area contributed by atoms with Crippen LogP contribution < -0.4 is 0 Å². The molecule has 1 saturated heterocycles. The first kappa shape index (κ1) is 6.05. The molecule has 2 heteroatoms. The molecule has 2 unspecified atom stereocenters. The van der Waals surface area contributed by atoms with Crippen LogP contribution in [0, 0.1) is 0 Å². The highest BCUT2D eigenvalue weighted by molar-refractivity contribution is 4.68. The fourth-order valence-electron chi connectivity index (χ4n) is 0.942. The summed E-state index contributed by atoms with van der Waals surface area (Å²) in [5.74, 6) is 0. The van der Waals surface area contributed by atoms with Crippen LogP contribution in [0.3, 0.4) is 0 Å². The number of hydrogen-bond donors (Lipinski definition) is 0. The van der Waals surface area contributed by atoms with Gasteiger partial charge in [-0.1, -0.05) is 0 Å². The first-order chi connectivity index (χ1) is 3.83. The Morgan fingerprint density at radius 1 is 1.62 bits per heavy atom. The standard InChI is InChI=1S/C6H12O2/c1-5-3-6(7-2)4-8-5/h5-6H,3-4H2,1-2H3. The third kappa shape index (κ3) is 1.20. The van der Waals surface area contributed by atoms with Crippen LogP contribution in [0.25, 0.3) is 0 Å². The topological polar surface area (TPSA) is 18.5 Å². The van der Waals surface area contributed by atoms with Crippen molar-refractivity contribution >= 4 is 0 Å². The van der Waals surface area contributed by atoms with Crippen LogP contribution in [0.5, 0.6) is 0 Å². The second-order valence-electron chi connectivity index (χ2n) is 2.24. The van der Waals surface area contributed by atoms with Crippen LogP contribution in [0.1, 0.15) is 13.3 Å². The number of methoxy groups -OCH3 is 1. The molecule has 1 rings (SSSR count). The average molecular weight is 116 g/mol. The Bertz CT molecular complexity index is 72.9. The molecule has 0 aromatic carbocycles. The highest BCUT2D eigenvalue weighted by Crippen LogP contribution is 2.13. The molecular formula is C6H12O2. The van der Waals surface area contributed by atoms with Gasteiger partial charge in [-0.25, -0.2) is 0 Å².